The van der Waals surface area contributed by atoms with Crippen molar-refractivity contribution in [3.05, 3.63) is 29.6 Å². The molecule has 21 heavy (non-hydrogen) atoms. The highest BCUT2D eigenvalue weighted by Crippen LogP contribution is 2.18. The SMILES string of the molecule is COc1ccc(C(=O)N2CCN(CCCN)CC2)c(F)c1. The van der Waals surface area contributed by atoms with Crippen LogP contribution in [0.4, 0.5) is 4.39 Å². The summed E-state index contributed by atoms with van der Waals surface area (Å²) in [7, 11) is 1.47. The summed E-state index contributed by atoms with van der Waals surface area (Å²) in [5.74, 6) is -0.380. The molecule has 0 radical (unpaired) electrons. The van der Waals surface area contributed by atoms with Crippen molar-refractivity contribution in [3.8, 4) is 5.75 Å². The van der Waals surface area contributed by atoms with Gasteiger partial charge in [0.1, 0.15) is 11.6 Å². The number of hydrogen-bond acceptors (Lipinski definition) is 4. The van der Waals surface area contributed by atoms with E-state index in [2.05, 4.69) is 4.90 Å². The van der Waals surface area contributed by atoms with E-state index >= 15 is 0 Å². The van der Waals surface area contributed by atoms with Crippen LogP contribution in [-0.2, 0) is 0 Å². The Bertz CT molecular complexity index is 488. The Morgan fingerprint density at radius 2 is 2.05 bits per heavy atom. The van der Waals surface area contributed by atoms with Crippen molar-refractivity contribution in [2.75, 3.05) is 46.4 Å². The molecular weight excluding hydrogens is 273 g/mol. The molecule has 0 aliphatic carbocycles. The number of ether oxygens (including phenoxy) is 1. The Morgan fingerprint density at radius 1 is 1.33 bits per heavy atom. The molecule has 5 nitrogen and oxygen atoms in total. The van der Waals surface area contributed by atoms with Crippen LogP contribution in [0.15, 0.2) is 18.2 Å². The topological polar surface area (TPSA) is 58.8 Å². The number of hydrogen-bond donors (Lipinski definition) is 1. The minimum absolute atomic E-state index is 0.103. The second kappa shape index (κ2) is 7.38. The number of methoxy groups -OCH3 is 1. The zero-order valence-corrected chi connectivity index (χ0v) is 12.3. The zero-order valence-electron chi connectivity index (χ0n) is 12.3. The Labute approximate surface area is 124 Å². The second-order valence-electron chi connectivity index (χ2n) is 5.12. The van der Waals surface area contributed by atoms with E-state index in [9.17, 15) is 9.18 Å². The van der Waals surface area contributed by atoms with Gasteiger partial charge in [0.2, 0.25) is 0 Å². The number of carbonyl (C=O) groups is 1. The number of benzene rings is 1. The van der Waals surface area contributed by atoms with Gasteiger partial charge in [0.25, 0.3) is 5.91 Å². The third-order valence-corrected chi connectivity index (χ3v) is 3.74. The lowest BCUT2D eigenvalue weighted by atomic mass is 10.1. The van der Waals surface area contributed by atoms with Crippen molar-refractivity contribution < 1.29 is 13.9 Å². The molecule has 1 aromatic rings. The molecule has 1 saturated heterocycles. The van der Waals surface area contributed by atoms with Crippen LogP contribution in [0.2, 0.25) is 0 Å². The summed E-state index contributed by atoms with van der Waals surface area (Å²) in [6.45, 7) is 4.49. The average Bonchev–Trinajstić information content (AvgIpc) is 2.52. The van der Waals surface area contributed by atoms with Gasteiger partial charge >= 0.3 is 0 Å². The summed E-state index contributed by atoms with van der Waals surface area (Å²) < 4.78 is 18.9. The molecule has 2 rings (SSSR count). The highest BCUT2D eigenvalue weighted by atomic mass is 19.1. The average molecular weight is 295 g/mol. The number of rotatable bonds is 5. The third-order valence-electron chi connectivity index (χ3n) is 3.74. The smallest absolute Gasteiger partial charge is 0.256 e. The lowest BCUT2D eigenvalue weighted by molar-refractivity contribution is 0.0632. The van der Waals surface area contributed by atoms with Crippen LogP contribution in [0.25, 0.3) is 0 Å². The number of amides is 1. The Balaban J connectivity index is 1.95. The second-order valence-corrected chi connectivity index (χ2v) is 5.12. The van der Waals surface area contributed by atoms with E-state index < -0.39 is 5.82 Å². The number of halogens is 1. The Kier molecular flexibility index (Phi) is 5.52. The first-order valence-electron chi connectivity index (χ1n) is 7.21. The Hall–Kier alpha value is -1.66. The van der Waals surface area contributed by atoms with E-state index in [1.165, 1.54) is 19.2 Å². The third kappa shape index (κ3) is 3.92. The lowest BCUT2D eigenvalue weighted by Crippen LogP contribution is -2.49. The highest BCUT2D eigenvalue weighted by Gasteiger charge is 2.23. The Morgan fingerprint density at radius 3 is 2.62 bits per heavy atom. The van der Waals surface area contributed by atoms with Gasteiger partial charge in [-0.1, -0.05) is 0 Å². The summed E-state index contributed by atoms with van der Waals surface area (Å²) in [6, 6.07) is 4.33. The maximum atomic E-state index is 13.9. The van der Waals surface area contributed by atoms with Crippen molar-refractivity contribution in [3.63, 3.8) is 0 Å². The van der Waals surface area contributed by atoms with Crippen LogP contribution >= 0.6 is 0 Å². The molecule has 0 unspecified atom stereocenters. The van der Waals surface area contributed by atoms with Crippen LogP contribution in [0.5, 0.6) is 5.75 Å². The molecule has 0 spiro atoms. The zero-order chi connectivity index (χ0) is 15.2. The normalized spacial score (nSPS) is 16.0. The molecule has 1 fully saturated rings. The summed E-state index contributed by atoms with van der Waals surface area (Å²) in [5, 5.41) is 0. The van der Waals surface area contributed by atoms with E-state index in [1.54, 1.807) is 11.0 Å². The van der Waals surface area contributed by atoms with Crippen molar-refractivity contribution in [1.29, 1.82) is 0 Å². The molecule has 1 aromatic carbocycles. The number of nitrogens with two attached hydrogens (primary N) is 1. The van der Waals surface area contributed by atoms with Gasteiger partial charge < -0.3 is 15.4 Å². The molecule has 0 bridgehead atoms. The predicted molar refractivity (Wildman–Crippen MR) is 79.0 cm³/mol. The van der Waals surface area contributed by atoms with Crippen LogP contribution in [0.3, 0.4) is 0 Å². The standard InChI is InChI=1S/C15H22FN3O2/c1-21-12-3-4-13(14(16)11-12)15(20)19-9-7-18(8-10-19)6-2-5-17/h3-4,11H,2,5-10,17H2,1H3. The molecule has 0 atom stereocenters. The van der Waals surface area contributed by atoms with Crippen LogP contribution in [-0.4, -0.2) is 62.1 Å². The van der Waals surface area contributed by atoms with Gasteiger partial charge in [-0.15, -0.1) is 0 Å². The fraction of sp³-hybridized carbons (Fsp3) is 0.533. The van der Waals surface area contributed by atoms with Crippen molar-refractivity contribution >= 4 is 5.91 Å². The lowest BCUT2D eigenvalue weighted by Gasteiger charge is -2.34. The van der Waals surface area contributed by atoms with Gasteiger partial charge in [-0.3, -0.25) is 9.69 Å². The van der Waals surface area contributed by atoms with Crippen molar-refractivity contribution in [2.24, 2.45) is 5.73 Å². The monoisotopic (exact) mass is 295 g/mol. The number of carbonyl (C=O) groups excluding carboxylic acids is 1. The first-order valence-corrected chi connectivity index (χ1v) is 7.21. The van der Waals surface area contributed by atoms with Crippen molar-refractivity contribution in [2.45, 2.75) is 6.42 Å². The molecule has 6 heteroatoms. The molecule has 2 N–H and O–H groups in total. The van der Waals surface area contributed by atoms with Gasteiger partial charge in [0, 0.05) is 32.2 Å². The predicted octanol–water partition coefficient (Wildman–Crippen LogP) is 0.941. The van der Waals surface area contributed by atoms with Gasteiger partial charge in [0.05, 0.1) is 12.7 Å². The molecule has 0 saturated carbocycles. The number of piperazine rings is 1. The van der Waals surface area contributed by atoms with Gasteiger partial charge in [-0.2, -0.15) is 0 Å². The first kappa shape index (κ1) is 15.7. The van der Waals surface area contributed by atoms with Crippen molar-refractivity contribution in [1.82, 2.24) is 9.80 Å². The fourth-order valence-corrected chi connectivity index (χ4v) is 2.46. The minimum Gasteiger partial charge on any atom is -0.497 e. The first-order chi connectivity index (χ1) is 10.2. The summed E-state index contributed by atoms with van der Waals surface area (Å²) in [5.41, 5.74) is 5.60. The fourth-order valence-electron chi connectivity index (χ4n) is 2.46. The van der Waals surface area contributed by atoms with E-state index in [0.717, 1.165) is 26.1 Å². The molecule has 1 amide bonds. The van der Waals surface area contributed by atoms with Crippen LogP contribution in [0.1, 0.15) is 16.8 Å². The molecule has 116 valence electrons. The summed E-state index contributed by atoms with van der Waals surface area (Å²) >= 11 is 0. The van der Waals surface area contributed by atoms with E-state index in [4.69, 9.17) is 10.5 Å². The maximum absolute atomic E-state index is 13.9. The van der Waals surface area contributed by atoms with Gasteiger partial charge in [0.15, 0.2) is 0 Å². The highest BCUT2D eigenvalue weighted by molar-refractivity contribution is 5.94. The minimum atomic E-state index is -0.537. The maximum Gasteiger partial charge on any atom is 0.256 e. The number of nitrogens with zero attached hydrogens (tertiary/aromatic N) is 2. The van der Waals surface area contributed by atoms with Crippen LogP contribution in [0, 0.1) is 5.82 Å². The van der Waals surface area contributed by atoms with E-state index in [0.29, 0.717) is 25.4 Å². The van der Waals surface area contributed by atoms with Crippen LogP contribution < -0.4 is 10.5 Å². The largest absolute Gasteiger partial charge is 0.497 e. The summed E-state index contributed by atoms with van der Waals surface area (Å²) in [4.78, 5) is 16.3. The van der Waals surface area contributed by atoms with E-state index in [1.807, 2.05) is 0 Å². The summed E-state index contributed by atoms with van der Waals surface area (Å²) in [6.07, 6.45) is 0.959. The molecule has 1 aliphatic heterocycles. The molecule has 0 aromatic heterocycles. The quantitative estimate of drug-likeness (QED) is 0.878. The van der Waals surface area contributed by atoms with E-state index in [-0.39, 0.29) is 11.5 Å². The molecule has 1 heterocycles. The molecule has 1 aliphatic rings. The van der Waals surface area contributed by atoms with Gasteiger partial charge in [-0.25, -0.2) is 4.39 Å². The molecular formula is C15H22FN3O2. The van der Waals surface area contributed by atoms with Gasteiger partial charge in [-0.05, 0) is 31.6 Å².